The molecule has 1 aliphatic carbocycles. The van der Waals surface area contributed by atoms with Crippen LogP contribution in [0.2, 0.25) is 0 Å². The second-order valence-electron chi connectivity index (χ2n) is 4.58. The summed E-state index contributed by atoms with van der Waals surface area (Å²) in [4.78, 5) is 3.64. The number of allylic oxidation sites excluding steroid dienone is 5. The molecular formula is C13H15F3N2. The van der Waals surface area contributed by atoms with E-state index in [1.54, 1.807) is 18.1 Å². The fourth-order valence-electron chi connectivity index (χ4n) is 2.14. The Hall–Kier alpha value is -1.65. The van der Waals surface area contributed by atoms with Crippen molar-refractivity contribution in [2.45, 2.75) is 12.6 Å². The van der Waals surface area contributed by atoms with E-state index in [2.05, 4.69) is 0 Å². The van der Waals surface area contributed by atoms with E-state index in [-0.39, 0.29) is 0 Å². The van der Waals surface area contributed by atoms with E-state index in [9.17, 15) is 13.2 Å². The highest BCUT2D eigenvalue weighted by molar-refractivity contribution is 5.51. The molecule has 1 heterocycles. The molecule has 0 saturated carbocycles. The molecule has 2 aliphatic rings. The van der Waals surface area contributed by atoms with Crippen molar-refractivity contribution < 1.29 is 13.2 Å². The van der Waals surface area contributed by atoms with Crippen molar-refractivity contribution in [3.63, 3.8) is 0 Å². The monoisotopic (exact) mass is 256 g/mol. The zero-order chi connectivity index (χ0) is 13.5. The van der Waals surface area contributed by atoms with Crippen molar-refractivity contribution in [3.05, 3.63) is 47.0 Å². The van der Waals surface area contributed by atoms with Crippen molar-refractivity contribution in [2.24, 2.45) is 0 Å². The predicted octanol–water partition coefficient (Wildman–Crippen LogP) is 3.04. The van der Waals surface area contributed by atoms with Gasteiger partial charge in [-0.25, -0.2) is 0 Å². The van der Waals surface area contributed by atoms with Crippen molar-refractivity contribution >= 4 is 0 Å². The second-order valence-corrected chi connectivity index (χ2v) is 4.58. The summed E-state index contributed by atoms with van der Waals surface area (Å²) in [5, 5.41) is 0. The predicted molar refractivity (Wildman–Crippen MR) is 64.5 cm³/mol. The third-order valence-electron chi connectivity index (χ3n) is 3.08. The number of alkyl halides is 3. The van der Waals surface area contributed by atoms with E-state index in [1.807, 2.05) is 25.1 Å². The highest BCUT2D eigenvalue weighted by atomic mass is 19.4. The average Bonchev–Trinajstić information content (AvgIpc) is 2.27. The van der Waals surface area contributed by atoms with Gasteiger partial charge in [0.1, 0.15) is 0 Å². The molecule has 0 aromatic heterocycles. The van der Waals surface area contributed by atoms with Gasteiger partial charge in [-0.2, -0.15) is 13.2 Å². The van der Waals surface area contributed by atoms with E-state index in [1.165, 1.54) is 12.2 Å². The molecule has 0 N–H and O–H groups in total. The zero-order valence-corrected chi connectivity index (χ0v) is 10.5. The van der Waals surface area contributed by atoms with Crippen LogP contribution in [0.1, 0.15) is 6.42 Å². The molecule has 2 nitrogen and oxygen atoms in total. The standard InChI is InChI=1S/C13H15F3N2/c1-17(2)11-6-7-18(3)12-8-9(13(14,15)16)4-5-10(11)12/h4,6-8H,5H2,1-3H3. The lowest BCUT2D eigenvalue weighted by Crippen LogP contribution is -2.25. The Morgan fingerprint density at radius 1 is 1.28 bits per heavy atom. The number of halogens is 3. The van der Waals surface area contributed by atoms with Gasteiger partial charge in [-0.3, -0.25) is 0 Å². The number of hydrogen-bond donors (Lipinski definition) is 0. The molecule has 1 aliphatic heterocycles. The van der Waals surface area contributed by atoms with E-state index in [0.29, 0.717) is 12.1 Å². The number of rotatable bonds is 1. The Morgan fingerprint density at radius 2 is 1.94 bits per heavy atom. The highest BCUT2D eigenvalue weighted by Gasteiger charge is 2.35. The van der Waals surface area contributed by atoms with Crippen LogP contribution in [0.4, 0.5) is 13.2 Å². The van der Waals surface area contributed by atoms with Crippen molar-refractivity contribution in [3.8, 4) is 0 Å². The molecule has 98 valence electrons. The largest absolute Gasteiger partial charge is 0.416 e. The molecule has 0 saturated heterocycles. The number of fused-ring (bicyclic) bond motifs is 1. The minimum Gasteiger partial charge on any atom is -0.377 e. The van der Waals surface area contributed by atoms with E-state index in [0.717, 1.165) is 11.3 Å². The number of nitrogens with zero attached hydrogens (tertiary/aromatic N) is 2. The molecule has 0 aromatic carbocycles. The summed E-state index contributed by atoms with van der Waals surface area (Å²) < 4.78 is 38.1. The summed E-state index contributed by atoms with van der Waals surface area (Å²) in [6.45, 7) is 0. The Balaban J connectivity index is 2.45. The average molecular weight is 256 g/mol. The van der Waals surface area contributed by atoms with Gasteiger partial charge in [0, 0.05) is 44.3 Å². The van der Waals surface area contributed by atoms with Gasteiger partial charge in [-0.15, -0.1) is 0 Å². The third kappa shape index (κ3) is 2.17. The summed E-state index contributed by atoms with van der Waals surface area (Å²) in [5.41, 5.74) is 1.94. The minimum atomic E-state index is -4.28. The Labute approximate surface area is 104 Å². The molecule has 0 aromatic rings. The highest BCUT2D eigenvalue weighted by Crippen LogP contribution is 2.37. The Kier molecular flexibility index (Phi) is 3.00. The summed E-state index contributed by atoms with van der Waals surface area (Å²) >= 11 is 0. The van der Waals surface area contributed by atoms with Crippen molar-refractivity contribution in [1.29, 1.82) is 0 Å². The lowest BCUT2D eigenvalue weighted by atomic mass is 9.94. The molecule has 0 bridgehead atoms. The zero-order valence-electron chi connectivity index (χ0n) is 10.5. The van der Waals surface area contributed by atoms with Crippen LogP contribution in [0, 0.1) is 0 Å². The van der Waals surface area contributed by atoms with Crippen LogP contribution >= 0.6 is 0 Å². The molecule has 2 rings (SSSR count). The fourth-order valence-corrected chi connectivity index (χ4v) is 2.14. The summed E-state index contributed by atoms with van der Waals surface area (Å²) in [5.74, 6) is 0. The summed E-state index contributed by atoms with van der Waals surface area (Å²) in [7, 11) is 5.53. The number of hydrogen-bond acceptors (Lipinski definition) is 2. The quantitative estimate of drug-likeness (QED) is 0.711. The second kappa shape index (κ2) is 4.23. The van der Waals surface area contributed by atoms with Crippen LogP contribution in [0.25, 0.3) is 0 Å². The first-order valence-electron chi connectivity index (χ1n) is 5.61. The van der Waals surface area contributed by atoms with Gasteiger partial charge < -0.3 is 9.80 Å². The Bertz CT molecular complexity index is 479. The van der Waals surface area contributed by atoms with Gasteiger partial charge in [0.05, 0.1) is 5.57 Å². The summed E-state index contributed by atoms with van der Waals surface area (Å²) in [6, 6.07) is 0. The lowest BCUT2D eigenvalue weighted by Gasteiger charge is -2.32. The van der Waals surface area contributed by atoms with Crippen LogP contribution in [0.5, 0.6) is 0 Å². The van der Waals surface area contributed by atoms with Gasteiger partial charge >= 0.3 is 6.18 Å². The maximum Gasteiger partial charge on any atom is 0.416 e. The Morgan fingerprint density at radius 3 is 2.50 bits per heavy atom. The van der Waals surface area contributed by atoms with Crippen LogP contribution in [0.15, 0.2) is 47.0 Å². The van der Waals surface area contributed by atoms with Gasteiger partial charge in [0.2, 0.25) is 0 Å². The summed E-state index contributed by atoms with van der Waals surface area (Å²) in [6.07, 6.45) is 2.19. The molecular weight excluding hydrogens is 241 g/mol. The van der Waals surface area contributed by atoms with Crippen molar-refractivity contribution in [1.82, 2.24) is 9.80 Å². The van der Waals surface area contributed by atoms with Crippen LogP contribution < -0.4 is 0 Å². The maximum atomic E-state index is 12.7. The molecule has 0 atom stereocenters. The molecule has 18 heavy (non-hydrogen) atoms. The first kappa shape index (κ1) is 12.8. The topological polar surface area (TPSA) is 6.48 Å². The molecule has 0 radical (unpaired) electrons. The third-order valence-corrected chi connectivity index (χ3v) is 3.08. The first-order chi connectivity index (χ1) is 8.30. The molecule has 0 fully saturated rings. The normalized spacial score (nSPS) is 19.6. The van der Waals surface area contributed by atoms with E-state index >= 15 is 0 Å². The van der Waals surface area contributed by atoms with Crippen LogP contribution in [-0.2, 0) is 0 Å². The fraction of sp³-hybridized carbons (Fsp3) is 0.385. The van der Waals surface area contributed by atoms with E-state index < -0.39 is 11.7 Å². The van der Waals surface area contributed by atoms with Crippen LogP contribution in [0.3, 0.4) is 0 Å². The van der Waals surface area contributed by atoms with Crippen molar-refractivity contribution in [2.75, 3.05) is 21.1 Å². The van der Waals surface area contributed by atoms with Gasteiger partial charge in [0.15, 0.2) is 0 Å². The molecule has 0 amide bonds. The van der Waals surface area contributed by atoms with E-state index in [4.69, 9.17) is 0 Å². The smallest absolute Gasteiger partial charge is 0.377 e. The van der Waals surface area contributed by atoms with Gasteiger partial charge in [-0.1, -0.05) is 6.08 Å². The first-order valence-corrected chi connectivity index (χ1v) is 5.61. The van der Waals surface area contributed by atoms with Gasteiger partial charge in [-0.05, 0) is 18.6 Å². The number of likely N-dealkylation sites (N-methyl/N-ethyl adjacent to an activating group) is 2. The molecule has 5 heteroatoms. The SMILES string of the molecule is CN(C)C1=C2CC=C(C(F)(F)F)C=C2N(C)C=C1. The van der Waals surface area contributed by atoms with Gasteiger partial charge in [0.25, 0.3) is 0 Å². The maximum absolute atomic E-state index is 12.7. The molecule has 0 unspecified atom stereocenters. The minimum absolute atomic E-state index is 0.308. The van der Waals surface area contributed by atoms with Crippen LogP contribution in [-0.4, -0.2) is 37.1 Å². The lowest BCUT2D eigenvalue weighted by molar-refractivity contribution is -0.0886. The molecule has 0 spiro atoms.